The van der Waals surface area contributed by atoms with Gasteiger partial charge in [-0.05, 0) is 37.2 Å². The first kappa shape index (κ1) is 20.0. The fourth-order valence-corrected chi connectivity index (χ4v) is 2.85. The van der Waals surface area contributed by atoms with Crippen molar-refractivity contribution in [2.75, 3.05) is 19.7 Å². The third-order valence-electron chi connectivity index (χ3n) is 3.16. The third-order valence-corrected chi connectivity index (χ3v) is 4.21. The minimum atomic E-state index is -4.20. The first-order valence-corrected chi connectivity index (χ1v) is 8.57. The van der Waals surface area contributed by atoms with Gasteiger partial charge in [-0.3, -0.25) is 0 Å². The van der Waals surface area contributed by atoms with Crippen LogP contribution in [0.1, 0.15) is 11.3 Å². The highest BCUT2D eigenvalue weighted by Crippen LogP contribution is 2.26. The van der Waals surface area contributed by atoms with Gasteiger partial charge in [0.05, 0.1) is 19.7 Å². The Morgan fingerprint density at radius 3 is 2.65 bits per heavy atom. The smallest absolute Gasteiger partial charge is 0.404 e. The van der Waals surface area contributed by atoms with E-state index in [-0.39, 0.29) is 13.1 Å². The highest BCUT2D eigenvalue weighted by Gasteiger charge is 2.25. The molecular weight excluding hydrogens is 371 g/mol. The summed E-state index contributed by atoms with van der Waals surface area (Å²) in [5, 5.41) is 13.9. The number of thiazole rings is 1. The Kier molecular flexibility index (Phi) is 7.22. The maximum atomic E-state index is 12.0. The summed E-state index contributed by atoms with van der Waals surface area (Å²) in [5.74, 6) is 0.619. The van der Waals surface area contributed by atoms with E-state index in [2.05, 4.69) is 15.6 Å². The number of halogens is 3. The number of aromatic nitrogens is 1. The molecule has 0 radical (unpaired) electrons. The summed E-state index contributed by atoms with van der Waals surface area (Å²) in [6.45, 7) is -0.258. The quantitative estimate of drug-likeness (QED) is 0.572. The lowest BCUT2D eigenvalue weighted by Gasteiger charge is -2.09. The minimum Gasteiger partial charge on any atom is -0.494 e. The molecule has 0 bridgehead atoms. The summed E-state index contributed by atoms with van der Waals surface area (Å²) < 4.78 is 41.4. The van der Waals surface area contributed by atoms with Crippen molar-refractivity contribution < 1.29 is 27.8 Å². The Morgan fingerprint density at radius 2 is 2.00 bits per heavy atom. The molecule has 0 fully saturated rings. The van der Waals surface area contributed by atoms with Gasteiger partial charge in [-0.2, -0.15) is 13.2 Å². The molecule has 1 amide bonds. The molecule has 1 aromatic heterocycles. The zero-order valence-electron chi connectivity index (χ0n) is 13.7. The van der Waals surface area contributed by atoms with Gasteiger partial charge in [0, 0.05) is 16.6 Å². The van der Waals surface area contributed by atoms with Crippen LogP contribution in [0.2, 0.25) is 0 Å². The van der Waals surface area contributed by atoms with Crippen molar-refractivity contribution in [2.45, 2.75) is 19.1 Å². The molecule has 0 spiro atoms. The first-order valence-electron chi connectivity index (χ1n) is 7.76. The number of amides is 1. The van der Waals surface area contributed by atoms with Gasteiger partial charge in [-0.25, -0.2) is 9.78 Å². The van der Waals surface area contributed by atoms with Crippen molar-refractivity contribution in [2.24, 2.45) is 0 Å². The molecule has 0 atom stereocenters. The number of alkyl halides is 3. The SMILES string of the molecule is O=C(O)NCc1cnc(-c2ccc(OCCCNCC(F)(F)F)cc2)s1. The van der Waals surface area contributed by atoms with Crippen LogP contribution in [-0.2, 0) is 6.54 Å². The number of ether oxygens (including phenoxy) is 1. The number of carbonyl (C=O) groups is 1. The van der Waals surface area contributed by atoms with Crippen LogP contribution >= 0.6 is 11.3 Å². The molecule has 0 unspecified atom stereocenters. The van der Waals surface area contributed by atoms with Gasteiger partial charge >= 0.3 is 12.3 Å². The number of carboxylic acid groups (broad SMARTS) is 1. The van der Waals surface area contributed by atoms with Crippen molar-refractivity contribution in [1.29, 1.82) is 0 Å². The molecule has 0 saturated heterocycles. The van der Waals surface area contributed by atoms with E-state index in [0.29, 0.717) is 18.8 Å². The Bertz CT molecular complexity index is 705. The second-order valence-electron chi connectivity index (χ2n) is 5.31. The predicted octanol–water partition coefficient (Wildman–Crippen LogP) is 3.50. The van der Waals surface area contributed by atoms with Crippen LogP contribution in [0.15, 0.2) is 30.5 Å². The summed E-state index contributed by atoms with van der Waals surface area (Å²) in [4.78, 5) is 15.5. The molecule has 142 valence electrons. The van der Waals surface area contributed by atoms with Crippen LogP contribution in [0, 0.1) is 0 Å². The molecule has 3 N–H and O–H groups in total. The van der Waals surface area contributed by atoms with Crippen molar-refractivity contribution in [3.05, 3.63) is 35.3 Å². The zero-order valence-corrected chi connectivity index (χ0v) is 14.5. The van der Waals surface area contributed by atoms with Crippen LogP contribution < -0.4 is 15.4 Å². The maximum absolute atomic E-state index is 12.0. The van der Waals surface area contributed by atoms with E-state index in [4.69, 9.17) is 9.84 Å². The molecular formula is C16H18F3N3O3S. The standard InChI is InChI=1S/C16H18F3N3O3S/c17-16(18,19)10-20-6-1-7-25-12-4-2-11(3-5-12)14-21-8-13(26-14)9-22-15(23)24/h2-5,8,20,22H,1,6-7,9-10H2,(H,23,24). The molecule has 0 aliphatic rings. The van der Waals surface area contributed by atoms with Crippen molar-refractivity contribution in [1.82, 2.24) is 15.6 Å². The van der Waals surface area contributed by atoms with Crippen LogP contribution in [0.3, 0.4) is 0 Å². The third kappa shape index (κ3) is 7.28. The average Bonchev–Trinajstić information content (AvgIpc) is 3.05. The molecule has 26 heavy (non-hydrogen) atoms. The Balaban J connectivity index is 1.75. The van der Waals surface area contributed by atoms with Gasteiger partial charge in [-0.1, -0.05) is 0 Å². The van der Waals surface area contributed by atoms with Crippen molar-refractivity contribution in [3.63, 3.8) is 0 Å². The summed E-state index contributed by atoms with van der Waals surface area (Å²) in [6.07, 6.45) is -3.20. The van der Waals surface area contributed by atoms with Crippen LogP contribution in [0.25, 0.3) is 10.6 Å². The maximum Gasteiger partial charge on any atom is 0.404 e. The van der Waals surface area contributed by atoms with E-state index in [1.54, 1.807) is 18.3 Å². The first-order chi connectivity index (χ1) is 12.3. The topological polar surface area (TPSA) is 83.5 Å². The lowest BCUT2D eigenvalue weighted by Crippen LogP contribution is -2.30. The number of rotatable bonds is 9. The van der Waals surface area contributed by atoms with Crippen LogP contribution in [0.5, 0.6) is 5.75 Å². The molecule has 10 heteroatoms. The van der Waals surface area contributed by atoms with Gasteiger partial charge in [0.15, 0.2) is 0 Å². The van der Waals surface area contributed by atoms with E-state index in [1.165, 1.54) is 11.3 Å². The van der Waals surface area contributed by atoms with Crippen molar-refractivity contribution >= 4 is 17.4 Å². The van der Waals surface area contributed by atoms with E-state index in [9.17, 15) is 18.0 Å². The lowest BCUT2D eigenvalue weighted by atomic mass is 10.2. The Morgan fingerprint density at radius 1 is 1.27 bits per heavy atom. The van der Waals surface area contributed by atoms with Crippen LogP contribution in [-0.4, -0.2) is 42.1 Å². The Labute approximate surface area is 152 Å². The number of hydrogen-bond acceptors (Lipinski definition) is 5. The van der Waals surface area contributed by atoms with Gasteiger partial charge in [0.2, 0.25) is 0 Å². The van der Waals surface area contributed by atoms with E-state index < -0.39 is 18.8 Å². The van der Waals surface area contributed by atoms with Gasteiger partial charge in [-0.15, -0.1) is 11.3 Å². The molecule has 0 aliphatic carbocycles. The number of benzene rings is 1. The minimum absolute atomic E-state index is 0.205. The van der Waals surface area contributed by atoms with Crippen LogP contribution in [0.4, 0.5) is 18.0 Å². The highest BCUT2D eigenvalue weighted by molar-refractivity contribution is 7.15. The predicted molar refractivity (Wildman–Crippen MR) is 91.5 cm³/mol. The molecule has 1 aromatic carbocycles. The normalized spacial score (nSPS) is 11.3. The summed E-state index contributed by atoms with van der Waals surface area (Å²) in [5.41, 5.74) is 0.871. The van der Waals surface area contributed by atoms with E-state index in [0.717, 1.165) is 15.4 Å². The van der Waals surface area contributed by atoms with Gasteiger partial charge in [0.1, 0.15) is 10.8 Å². The van der Waals surface area contributed by atoms with Crippen molar-refractivity contribution in [3.8, 4) is 16.3 Å². The Hall–Kier alpha value is -2.33. The number of nitrogens with one attached hydrogen (secondary N) is 2. The average molecular weight is 389 g/mol. The summed E-state index contributed by atoms with van der Waals surface area (Å²) >= 11 is 1.38. The fraction of sp³-hybridized carbons (Fsp3) is 0.375. The number of hydrogen-bond donors (Lipinski definition) is 3. The van der Waals surface area contributed by atoms with Gasteiger partial charge < -0.3 is 20.5 Å². The van der Waals surface area contributed by atoms with E-state index in [1.807, 2.05) is 12.1 Å². The summed E-state index contributed by atoms with van der Waals surface area (Å²) in [7, 11) is 0. The fourth-order valence-electron chi connectivity index (χ4n) is 2.00. The summed E-state index contributed by atoms with van der Waals surface area (Å²) in [6, 6.07) is 7.17. The van der Waals surface area contributed by atoms with Gasteiger partial charge in [0.25, 0.3) is 0 Å². The second-order valence-corrected chi connectivity index (χ2v) is 6.42. The molecule has 2 aromatic rings. The monoisotopic (exact) mass is 389 g/mol. The zero-order chi connectivity index (χ0) is 19.0. The molecule has 1 heterocycles. The molecule has 6 nitrogen and oxygen atoms in total. The largest absolute Gasteiger partial charge is 0.494 e. The highest BCUT2D eigenvalue weighted by atomic mass is 32.1. The molecule has 2 rings (SSSR count). The second kappa shape index (κ2) is 9.39. The molecule has 0 saturated carbocycles. The molecule has 0 aliphatic heterocycles. The number of nitrogens with zero attached hydrogens (tertiary/aromatic N) is 1. The van der Waals surface area contributed by atoms with E-state index >= 15 is 0 Å². The lowest BCUT2D eigenvalue weighted by molar-refractivity contribution is -0.124.